The molecular weight excluding hydrogens is 336 g/mol. The highest BCUT2D eigenvalue weighted by Gasteiger charge is 2.06. The van der Waals surface area contributed by atoms with E-state index in [0.717, 1.165) is 8.66 Å². The van der Waals surface area contributed by atoms with Crippen LogP contribution < -0.4 is 10.5 Å². The average Bonchev–Trinajstić information content (AvgIpc) is 2.73. The summed E-state index contributed by atoms with van der Waals surface area (Å²) in [4.78, 5) is 1.11. The number of nitrogen functional groups attached to an aromatic ring is 1. The third kappa shape index (κ3) is 3.25. The van der Waals surface area contributed by atoms with E-state index >= 15 is 0 Å². The molecule has 2 aromatic rings. The van der Waals surface area contributed by atoms with Crippen LogP contribution in [0.15, 0.2) is 34.1 Å². The normalized spacial score (nSPS) is 10.3. The van der Waals surface area contributed by atoms with E-state index in [9.17, 15) is 0 Å². The van der Waals surface area contributed by atoms with Crippen molar-refractivity contribution < 1.29 is 4.74 Å². The minimum absolute atomic E-state index is 0.00867. The molecule has 2 rings (SSSR count). The van der Waals surface area contributed by atoms with Gasteiger partial charge >= 0.3 is 0 Å². The van der Waals surface area contributed by atoms with Crippen molar-refractivity contribution in [3.8, 4) is 5.75 Å². The quantitative estimate of drug-likeness (QED) is 0.649. The largest absolute Gasteiger partial charge is 0.487 e. The maximum Gasteiger partial charge on any atom is 0.138 e. The van der Waals surface area contributed by atoms with E-state index in [4.69, 9.17) is 27.5 Å². The molecule has 1 heterocycles. The van der Waals surface area contributed by atoms with Crippen molar-refractivity contribution in [3.63, 3.8) is 0 Å². The number of hydrogen-bond acceptors (Lipinski definition) is 3. The van der Waals surface area contributed by atoms with Crippen molar-refractivity contribution in [1.82, 2.24) is 0 Å². The Morgan fingerprint density at radius 1 is 1.39 bits per heavy atom. The molecule has 0 atom stereocenters. The third-order valence-electron chi connectivity index (χ3n) is 2.24. The van der Waals surface area contributed by atoms with Gasteiger partial charge in [-0.15, -0.1) is 11.3 Å². The van der Waals surface area contributed by atoms with Gasteiger partial charge in [0, 0.05) is 10.4 Å². The molecule has 0 aliphatic rings. The fourth-order valence-corrected chi connectivity index (χ4v) is 3.00. The van der Waals surface area contributed by atoms with Crippen LogP contribution in [0.5, 0.6) is 5.75 Å². The zero-order valence-electron chi connectivity index (χ0n) is 9.24. The van der Waals surface area contributed by atoms with Crippen LogP contribution in [-0.2, 0) is 6.61 Å². The smallest absolute Gasteiger partial charge is 0.138 e. The van der Waals surface area contributed by atoms with Gasteiger partial charge in [-0.25, -0.2) is 0 Å². The van der Waals surface area contributed by atoms with Crippen LogP contribution in [0.2, 0.25) is 5.02 Å². The molecule has 0 fully saturated rings. The Bertz CT molecular complexity index is 585. The zero-order valence-corrected chi connectivity index (χ0v) is 12.4. The minimum atomic E-state index is -0.00867. The van der Waals surface area contributed by atoms with E-state index in [2.05, 4.69) is 15.9 Å². The lowest BCUT2D eigenvalue weighted by molar-refractivity contribution is 0.310. The molecule has 0 radical (unpaired) electrons. The fraction of sp³-hybridized carbons (Fsp3) is 0.0833. The van der Waals surface area contributed by atoms with Gasteiger partial charge in [-0.05, 0) is 46.3 Å². The molecule has 6 heteroatoms. The van der Waals surface area contributed by atoms with Crippen LogP contribution in [0.25, 0.3) is 0 Å². The first-order valence-corrected chi connectivity index (χ1v) is 7.06. The number of ether oxygens (including phenoxy) is 1. The molecule has 0 bridgehead atoms. The maximum atomic E-state index is 7.32. The number of halogens is 2. The van der Waals surface area contributed by atoms with Crippen molar-refractivity contribution >= 4 is 44.7 Å². The van der Waals surface area contributed by atoms with E-state index in [1.165, 1.54) is 0 Å². The summed E-state index contributed by atoms with van der Waals surface area (Å²) in [6.45, 7) is 0.468. The lowest BCUT2D eigenvalue weighted by Crippen LogP contribution is -2.10. The van der Waals surface area contributed by atoms with Gasteiger partial charge in [0.1, 0.15) is 18.2 Å². The average molecular weight is 346 g/mol. The number of amidine groups is 1. The number of thiophene rings is 1. The van der Waals surface area contributed by atoms with Gasteiger partial charge < -0.3 is 10.5 Å². The van der Waals surface area contributed by atoms with Crippen LogP contribution >= 0.6 is 38.9 Å². The molecule has 3 N–H and O–H groups in total. The Labute approximate surface area is 122 Å². The highest BCUT2D eigenvalue weighted by atomic mass is 79.9. The van der Waals surface area contributed by atoms with Crippen molar-refractivity contribution in [3.05, 3.63) is 49.6 Å². The summed E-state index contributed by atoms with van der Waals surface area (Å²) >= 11 is 11.1. The summed E-state index contributed by atoms with van der Waals surface area (Å²) in [6.07, 6.45) is 0. The fourth-order valence-electron chi connectivity index (χ4n) is 1.36. The monoisotopic (exact) mass is 344 g/mol. The summed E-state index contributed by atoms with van der Waals surface area (Å²) in [7, 11) is 0. The van der Waals surface area contributed by atoms with E-state index in [0.29, 0.717) is 22.9 Å². The SMILES string of the molecule is N=C(N)c1ccc(OCc2ccc(Br)s2)c(Cl)c1. The summed E-state index contributed by atoms with van der Waals surface area (Å²) < 4.78 is 6.69. The van der Waals surface area contributed by atoms with Gasteiger partial charge in [0.2, 0.25) is 0 Å². The molecule has 0 amide bonds. The minimum Gasteiger partial charge on any atom is -0.487 e. The molecule has 0 aliphatic heterocycles. The van der Waals surface area contributed by atoms with E-state index in [-0.39, 0.29) is 5.84 Å². The van der Waals surface area contributed by atoms with Crippen LogP contribution in [0.4, 0.5) is 0 Å². The predicted octanol–water partition coefficient (Wildman–Crippen LogP) is 4.03. The Kier molecular flexibility index (Phi) is 4.27. The van der Waals surface area contributed by atoms with Crippen molar-refractivity contribution in [2.45, 2.75) is 6.61 Å². The van der Waals surface area contributed by atoms with Crippen LogP contribution in [0.3, 0.4) is 0 Å². The number of nitrogens with one attached hydrogen (secondary N) is 1. The first-order valence-electron chi connectivity index (χ1n) is 5.07. The first-order chi connectivity index (χ1) is 8.56. The Balaban J connectivity index is 2.08. The molecule has 0 unspecified atom stereocenters. The maximum absolute atomic E-state index is 7.32. The second-order valence-corrected chi connectivity index (χ2v) is 6.51. The highest BCUT2D eigenvalue weighted by Crippen LogP contribution is 2.28. The summed E-state index contributed by atoms with van der Waals surface area (Å²) in [6, 6.07) is 9.04. The molecule has 0 spiro atoms. The van der Waals surface area contributed by atoms with Gasteiger partial charge in [-0.3, -0.25) is 5.41 Å². The molecular formula is C12H10BrClN2OS. The Hall–Kier alpha value is -1.04. The second-order valence-electron chi connectivity index (χ2n) is 3.55. The lowest BCUT2D eigenvalue weighted by Gasteiger charge is -2.08. The molecule has 0 saturated heterocycles. The van der Waals surface area contributed by atoms with Gasteiger partial charge in [0.15, 0.2) is 0 Å². The summed E-state index contributed by atoms with van der Waals surface area (Å²) in [5, 5.41) is 7.77. The van der Waals surface area contributed by atoms with Crippen LogP contribution in [0, 0.1) is 5.41 Å². The molecule has 1 aromatic heterocycles. The standard InChI is InChI=1S/C12H10BrClN2OS/c13-11-4-2-8(18-11)6-17-10-3-1-7(12(15)16)5-9(10)14/h1-5H,6H2,(H3,15,16). The van der Waals surface area contributed by atoms with Crippen molar-refractivity contribution in [2.75, 3.05) is 0 Å². The van der Waals surface area contributed by atoms with E-state index < -0.39 is 0 Å². The zero-order chi connectivity index (χ0) is 13.1. The van der Waals surface area contributed by atoms with Gasteiger partial charge in [-0.1, -0.05) is 11.6 Å². The number of hydrogen-bond donors (Lipinski definition) is 2. The van der Waals surface area contributed by atoms with E-state index in [1.54, 1.807) is 29.5 Å². The number of rotatable bonds is 4. The van der Waals surface area contributed by atoms with Crippen molar-refractivity contribution in [1.29, 1.82) is 5.41 Å². The number of nitrogens with two attached hydrogens (primary N) is 1. The molecule has 3 nitrogen and oxygen atoms in total. The van der Waals surface area contributed by atoms with Crippen molar-refractivity contribution in [2.24, 2.45) is 5.73 Å². The van der Waals surface area contributed by atoms with Gasteiger partial charge in [0.25, 0.3) is 0 Å². The lowest BCUT2D eigenvalue weighted by atomic mass is 10.2. The Morgan fingerprint density at radius 2 is 2.17 bits per heavy atom. The van der Waals surface area contributed by atoms with Gasteiger partial charge in [-0.2, -0.15) is 0 Å². The predicted molar refractivity (Wildman–Crippen MR) is 78.8 cm³/mol. The molecule has 18 heavy (non-hydrogen) atoms. The summed E-state index contributed by atoms with van der Waals surface area (Å²) in [5.74, 6) is 0.580. The first kappa shape index (κ1) is 13.4. The molecule has 0 saturated carbocycles. The molecule has 94 valence electrons. The van der Waals surface area contributed by atoms with Crippen LogP contribution in [0.1, 0.15) is 10.4 Å². The third-order valence-corrected chi connectivity index (χ3v) is 4.13. The second kappa shape index (κ2) is 5.73. The van der Waals surface area contributed by atoms with E-state index in [1.807, 2.05) is 12.1 Å². The summed E-state index contributed by atoms with van der Waals surface area (Å²) in [5.41, 5.74) is 5.97. The molecule has 1 aromatic carbocycles. The molecule has 0 aliphatic carbocycles. The van der Waals surface area contributed by atoms with Gasteiger partial charge in [0.05, 0.1) is 8.81 Å². The topological polar surface area (TPSA) is 59.1 Å². The number of benzene rings is 1. The Morgan fingerprint density at radius 3 is 2.72 bits per heavy atom. The highest BCUT2D eigenvalue weighted by molar-refractivity contribution is 9.11. The van der Waals surface area contributed by atoms with Crippen LogP contribution in [-0.4, -0.2) is 5.84 Å².